The zero-order valence-electron chi connectivity index (χ0n) is 12.6. The molecule has 136 valence electrons. The van der Waals surface area contributed by atoms with Gasteiger partial charge in [0.05, 0.1) is 6.54 Å². The zero-order valence-corrected chi connectivity index (χ0v) is 14.4. The minimum Gasteiger partial charge on any atom is -0.508 e. The smallest absolute Gasteiger partial charge is 0.339 e. The van der Waals surface area contributed by atoms with Crippen LogP contribution in [0.3, 0.4) is 0 Å². The first-order chi connectivity index (χ1) is 10.9. The van der Waals surface area contributed by atoms with Crippen LogP contribution >= 0.6 is 15.2 Å². The molecule has 0 aliphatic heterocycles. The van der Waals surface area contributed by atoms with Crippen LogP contribution in [-0.2, 0) is 20.3 Å². The van der Waals surface area contributed by atoms with Gasteiger partial charge in [0, 0.05) is 6.54 Å². The third-order valence-electron chi connectivity index (χ3n) is 2.81. The highest BCUT2D eigenvalue weighted by Crippen LogP contribution is 2.40. The summed E-state index contributed by atoms with van der Waals surface area (Å²) in [6.45, 7) is -0.324. The van der Waals surface area contributed by atoms with Gasteiger partial charge in [0.25, 0.3) is 0 Å². The van der Waals surface area contributed by atoms with Gasteiger partial charge in [-0.25, -0.2) is 0 Å². The van der Waals surface area contributed by atoms with E-state index >= 15 is 0 Å². The van der Waals surface area contributed by atoms with E-state index in [2.05, 4.69) is 5.32 Å². The lowest BCUT2D eigenvalue weighted by Gasteiger charge is -2.22. The molecule has 12 heteroatoms. The summed E-state index contributed by atoms with van der Waals surface area (Å²) in [5, 5.41) is 11.7. The van der Waals surface area contributed by atoms with Crippen LogP contribution in [0.15, 0.2) is 24.3 Å². The summed E-state index contributed by atoms with van der Waals surface area (Å²) in [5.74, 6) is -0.496. The second-order valence-electron chi connectivity index (χ2n) is 5.21. The molecule has 1 aromatic rings. The lowest BCUT2D eigenvalue weighted by molar-refractivity contribution is -0.121. The summed E-state index contributed by atoms with van der Waals surface area (Å²) >= 11 is 0. The van der Waals surface area contributed by atoms with Crippen molar-refractivity contribution in [3.8, 4) is 5.75 Å². The van der Waals surface area contributed by atoms with Gasteiger partial charge >= 0.3 is 15.2 Å². The monoisotopic (exact) mass is 382 g/mol. The average molecular weight is 382 g/mol. The van der Waals surface area contributed by atoms with E-state index in [0.29, 0.717) is 6.42 Å². The minimum atomic E-state index is -4.56. The van der Waals surface area contributed by atoms with Gasteiger partial charge in [-0.1, -0.05) is 12.1 Å². The molecule has 6 N–H and O–H groups in total. The fourth-order valence-electron chi connectivity index (χ4n) is 1.93. The van der Waals surface area contributed by atoms with Gasteiger partial charge in [-0.2, -0.15) is 0 Å². The first-order valence-electron chi connectivity index (χ1n) is 6.81. The Balaban J connectivity index is 2.50. The summed E-state index contributed by atoms with van der Waals surface area (Å²) < 4.78 is 22.0. The predicted molar refractivity (Wildman–Crippen MR) is 85.3 cm³/mol. The quantitative estimate of drug-likeness (QED) is 0.312. The maximum atomic E-state index is 11.8. The molecule has 1 rings (SSSR count). The van der Waals surface area contributed by atoms with Gasteiger partial charge in [0.1, 0.15) is 18.3 Å². The molecule has 0 spiro atoms. The maximum Gasteiger partial charge on any atom is 0.339 e. The summed E-state index contributed by atoms with van der Waals surface area (Å²) in [6, 6.07) is 6.35. The maximum absolute atomic E-state index is 11.8. The fourth-order valence-corrected chi connectivity index (χ4v) is 3.53. The second kappa shape index (κ2) is 8.73. The van der Waals surface area contributed by atoms with Gasteiger partial charge in [-0.3, -0.25) is 18.8 Å². The molecular weight excluding hydrogens is 362 g/mol. The zero-order chi connectivity index (χ0) is 18.4. The number of hydrogen-bond acceptors (Lipinski definition) is 5. The van der Waals surface area contributed by atoms with Crippen molar-refractivity contribution in [2.75, 3.05) is 25.7 Å². The Labute approximate surface area is 138 Å². The lowest BCUT2D eigenvalue weighted by atomic mass is 10.1. The van der Waals surface area contributed by atoms with Crippen LogP contribution in [0.1, 0.15) is 5.56 Å². The first-order valence-corrected chi connectivity index (χ1v) is 10.4. The molecule has 0 saturated carbocycles. The number of phenols is 1. The molecule has 0 saturated heterocycles. The van der Waals surface area contributed by atoms with Crippen LogP contribution in [0.4, 0.5) is 0 Å². The Morgan fingerprint density at radius 3 is 1.96 bits per heavy atom. The number of carbonyl (C=O) groups is 1. The van der Waals surface area contributed by atoms with E-state index in [9.17, 15) is 13.9 Å². The van der Waals surface area contributed by atoms with E-state index < -0.39 is 40.2 Å². The normalized spacial score (nSPS) is 12.4. The van der Waals surface area contributed by atoms with Crippen molar-refractivity contribution in [2.45, 2.75) is 6.42 Å². The molecule has 0 aliphatic rings. The molecule has 0 fully saturated rings. The number of nitrogens with one attached hydrogen (secondary N) is 1. The van der Waals surface area contributed by atoms with Crippen LogP contribution in [0, 0.1) is 0 Å². The number of benzene rings is 1. The first kappa shape index (κ1) is 20.8. The van der Waals surface area contributed by atoms with Gasteiger partial charge in [-0.05, 0) is 24.1 Å². The summed E-state index contributed by atoms with van der Waals surface area (Å²) in [4.78, 5) is 48.1. The number of carbonyl (C=O) groups excluding carboxylic acids is 1. The van der Waals surface area contributed by atoms with E-state index in [0.717, 1.165) is 10.5 Å². The van der Waals surface area contributed by atoms with E-state index in [4.69, 9.17) is 24.7 Å². The van der Waals surface area contributed by atoms with Crippen molar-refractivity contribution < 1.29 is 38.6 Å². The highest BCUT2D eigenvalue weighted by Gasteiger charge is 2.27. The Bertz CT molecular complexity index is 615. The average Bonchev–Trinajstić information content (AvgIpc) is 2.37. The summed E-state index contributed by atoms with van der Waals surface area (Å²) in [7, 11) is -9.13. The van der Waals surface area contributed by atoms with Gasteiger partial charge in [-0.15, -0.1) is 0 Å². The van der Waals surface area contributed by atoms with E-state index in [1.165, 1.54) is 12.1 Å². The standard InChI is InChI=1S/C12H20N2O8P2/c15-11-3-1-10(2-4-11)5-6-13-12(16)7-14(8-23(17,18)19)9-24(20,21)22/h1-4,15H,5-9H2,(H,13,16)(H2,17,18,19)(H2,20,21,22). The number of hydrogen-bond donors (Lipinski definition) is 6. The van der Waals surface area contributed by atoms with Crippen molar-refractivity contribution in [1.29, 1.82) is 0 Å². The van der Waals surface area contributed by atoms with Crippen LogP contribution in [-0.4, -0.2) is 61.1 Å². The number of rotatable bonds is 9. The molecule has 0 aromatic heterocycles. The Hall–Kier alpha value is -1.25. The SMILES string of the molecule is O=C(CN(CP(=O)(O)O)CP(=O)(O)O)NCCc1ccc(O)cc1. The lowest BCUT2D eigenvalue weighted by Crippen LogP contribution is -2.38. The van der Waals surface area contributed by atoms with Crippen molar-refractivity contribution in [2.24, 2.45) is 0 Å². The van der Waals surface area contributed by atoms with Gasteiger partial charge in [0.2, 0.25) is 5.91 Å². The Morgan fingerprint density at radius 2 is 1.50 bits per heavy atom. The Morgan fingerprint density at radius 1 is 1.00 bits per heavy atom. The molecule has 0 unspecified atom stereocenters. The molecule has 0 bridgehead atoms. The highest BCUT2D eigenvalue weighted by atomic mass is 31.2. The molecule has 10 nitrogen and oxygen atoms in total. The number of amides is 1. The predicted octanol–water partition coefficient (Wildman–Crippen LogP) is -0.377. The molecule has 0 radical (unpaired) electrons. The molecule has 0 heterocycles. The van der Waals surface area contributed by atoms with Crippen molar-refractivity contribution in [3.05, 3.63) is 29.8 Å². The third kappa shape index (κ3) is 9.79. The highest BCUT2D eigenvalue weighted by molar-refractivity contribution is 7.52. The number of nitrogens with zero attached hydrogens (tertiary/aromatic N) is 1. The van der Waals surface area contributed by atoms with Crippen LogP contribution in [0.25, 0.3) is 0 Å². The van der Waals surface area contributed by atoms with E-state index in [1.807, 2.05) is 0 Å². The Kier molecular flexibility index (Phi) is 7.56. The van der Waals surface area contributed by atoms with Crippen molar-refractivity contribution in [3.63, 3.8) is 0 Å². The third-order valence-corrected chi connectivity index (χ3v) is 4.34. The van der Waals surface area contributed by atoms with Crippen molar-refractivity contribution in [1.82, 2.24) is 10.2 Å². The molecule has 0 atom stereocenters. The van der Waals surface area contributed by atoms with Crippen LogP contribution in [0.2, 0.25) is 0 Å². The largest absolute Gasteiger partial charge is 0.508 e. The van der Waals surface area contributed by atoms with Crippen molar-refractivity contribution >= 4 is 21.1 Å². The summed E-state index contributed by atoms with van der Waals surface area (Å²) in [5.41, 5.74) is 0.857. The molecular formula is C12H20N2O8P2. The summed E-state index contributed by atoms with van der Waals surface area (Å²) in [6.07, 6.45) is -1.39. The number of aromatic hydroxyl groups is 1. The number of phenolic OH excluding ortho intramolecular Hbond substituents is 1. The minimum absolute atomic E-state index is 0.119. The van der Waals surface area contributed by atoms with Crippen LogP contribution < -0.4 is 5.32 Å². The second-order valence-corrected chi connectivity index (χ2v) is 8.43. The topological polar surface area (TPSA) is 168 Å². The van der Waals surface area contributed by atoms with E-state index in [-0.39, 0.29) is 12.3 Å². The molecule has 1 aromatic carbocycles. The van der Waals surface area contributed by atoms with E-state index in [1.54, 1.807) is 12.1 Å². The molecule has 24 heavy (non-hydrogen) atoms. The molecule has 0 aliphatic carbocycles. The van der Waals surface area contributed by atoms with Gasteiger partial charge < -0.3 is 30.0 Å². The van der Waals surface area contributed by atoms with Gasteiger partial charge in [0.15, 0.2) is 0 Å². The molecule has 1 amide bonds. The van der Waals surface area contributed by atoms with Crippen LogP contribution in [0.5, 0.6) is 5.75 Å². The fraction of sp³-hybridized carbons (Fsp3) is 0.417.